The number of carbonyl (C=O) groups excluding carboxylic acids is 1. The van der Waals surface area contributed by atoms with Crippen molar-refractivity contribution in [3.8, 4) is 0 Å². The van der Waals surface area contributed by atoms with Gasteiger partial charge in [-0.3, -0.25) is 4.79 Å². The molecule has 17 heavy (non-hydrogen) atoms. The zero-order valence-corrected chi connectivity index (χ0v) is 11.0. The van der Waals surface area contributed by atoms with Gasteiger partial charge in [-0.1, -0.05) is 17.7 Å². The number of nitrogens with zero attached hydrogens (tertiary/aromatic N) is 2. The molecule has 1 N–H and O–H groups in total. The van der Waals surface area contributed by atoms with E-state index in [1.807, 2.05) is 6.92 Å². The highest BCUT2D eigenvalue weighted by atomic mass is 35.5. The second kappa shape index (κ2) is 5.47. The van der Waals surface area contributed by atoms with Crippen LogP contribution >= 0.6 is 11.6 Å². The van der Waals surface area contributed by atoms with Crippen LogP contribution in [0.2, 0.25) is 5.15 Å². The summed E-state index contributed by atoms with van der Waals surface area (Å²) in [5, 5.41) is 10.0. The Hall–Kier alpha value is -1.13. The van der Waals surface area contributed by atoms with Gasteiger partial charge in [0.2, 0.25) is 0 Å². The molecule has 0 spiro atoms. The SMILES string of the molecule is CCN(CC(C)(C)O)C(=O)c1cccc(Cl)n1. The van der Waals surface area contributed by atoms with Gasteiger partial charge in [-0.15, -0.1) is 0 Å². The largest absolute Gasteiger partial charge is 0.389 e. The lowest BCUT2D eigenvalue weighted by molar-refractivity contribution is 0.0311. The molecule has 0 fully saturated rings. The molecule has 1 aromatic rings. The number of aromatic nitrogens is 1. The van der Waals surface area contributed by atoms with Crippen LogP contribution in [-0.2, 0) is 0 Å². The third kappa shape index (κ3) is 4.32. The first kappa shape index (κ1) is 13.9. The summed E-state index contributed by atoms with van der Waals surface area (Å²) in [4.78, 5) is 17.6. The molecule has 1 amide bonds. The van der Waals surface area contributed by atoms with Crippen molar-refractivity contribution >= 4 is 17.5 Å². The molecule has 0 aliphatic rings. The van der Waals surface area contributed by atoms with Crippen molar-refractivity contribution in [2.45, 2.75) is 26.4 Å². The molecule has 1 heterocycles. The standard InChI is InChI=1S/C12H17ClN2O2/c1-4-15(8-12(2,3)17)11(16)9-6-5-7-10(13)14-9/h5-7,17H,4,8H2,1-3H3. The molecule has 1 rings (SSSR count). The summed E-state index contributed by atoms with van der Waals surface area (Å²) in [5.41, 5.74) is -0.631. The average molecular weight is 257 g/mol. The lowest BCUT2D eigenvalue weighted by Crippen LogP contribution is -2.42. The zero-order chi connectivity index (χ0) is 13.1. The number of aliphatic hydroxyl groups is 1. The summed E-state index contributed by atoms with van der Waals surface area (Å²) < 4.78 is 0. The molecule has 1 aromatic heterocycles. The number of hydrogen-bond donors (Lipinski definition) is 1. The lowest BCUT2D eigenvalue weighted by atomic mass is 10.1. The van der Waals surface area contributed by atoms with Gasteiger partial charge in [0.05, 0.1) is 5.60 Å². The van der Waals surface area contributed by atoms with Gasteiger partial charge in [0.25, 0.3) is 5.91 Å². The number of halogens is 1. The van der Waals surface area contributed by atoms with E-state index in [-0.39, 0.29) is 17.6 Å². The molecule has 5 heteroatoms. The van der Waals surface area contributed by atoms with Gasteiger partial charge in [-0.25, -0.2) is 4.98 Å². The number of rotatable bonds is 4. The van der Waals surface area contributed by atoms with Gasteiger partial charge in [0.15, 0.2) is 0 Å². The van der Waals surface area contributed by atoms with E-state index >= 15 is 0 Å². The Morgan fingerprint density at radius 1 is 1.53 bits per heavy atom. The molecule has 0 aliphatic heterocycles. The number of pyridine rings is 1. The third-order valence-corrected chi connectivity index (χ3v) is 2.39. The Kier molecular flexibility index (Phi) is 4.48. The van der Waals surface area contributed by atoms with E-state index in [1.165, 1.54) is 0 Å². The summed E-state index contributed by atoms with van der Waals surface area (Å²) in [5.74, 6) is -0.225. The van der Waals surface area contributed by atoms with E-state index in [1.54, 1.807) is 36.9 Å². The van der Waals surface area contributed by atoms with Gasteiger partial charge in [0.1, 0.15) is 10.8 Å². The predicted octanol–water partition coefficient (Wildman–Crippen LogP) is 1.97. The Morgan fingerprint density at radius 2 is 2.18 bits per heavy atom. The molecule has 0 radical (unpaired) electrons. The van der Waals surface area contributed by atoms with Gasteiger partial charge in [-0.05, 0) is 32.9 Å². The van der Waals surface area contributed by atoms with E-state index in [9.17, 15) is 9.90 Å². The molecule has 0 saturated heterocycles. The first-order valence-corrected chi connectivity index (χ1v) is 5.85. The normalized spacial score (nSPS) is 11.4. The number of amides is 1. The summed E-state index contributed by atoms with van der Waals surface area (Å²) >= 11 is 5.74. The molecule has 0 unspecified atom stereocenters. The van der Waals surface area contributed by atoms with Crippen LogP contribution in [0, 0.1) is 0 Å². The summed E-state index contributed by atoms with van der Waals surface area (Å²) in [6, 6.07) is 4.91. The summed E-state index contributed by atoms with van der Waals surface area (Å²) in [6.07, 6.45) is 0. The first-order chi connectivity index (χ1) is 7.83. The fraction of sp³-hybridized carbons (Fsp3) is 0.500. The molecule has 0 atom stereocenters. The van der Waals surface area contributed by atoms with Crippen molar-refractivity contribution in [3.63, 3.8) is 0 Å². The first-order valence-electron chi connectivity index (χ1n) is 5.47. The highest BCUT2D eigenvalue weighted by Gasteiger charge is 2.22. The molecular formula is C12H17ClN2O2. The summed E-state index contributed by atoms with van der Waals surface area (Å²) in [6.45, 7) is 5.95. The highest BCUT2D eigenvalue weighted by molar-refractivity contribution is 6.29. The maximum absolute atomic E-state index is 12.1. The quantitative estimate of drug-likeness (QED) is 0.838. The fourth-order valence-corrected chi connectivity index (χ4v) is 1.65. The van der Waals surface area contributed by atoms with Crippen molar-refractivity contribution in [1.29, 1.82) is 0 Å². The van der Waals surface area contributed by atoms with Gasteiger partial charge in [0, 0.05) is 13.1 Å². The minimum absolute atomic E-state index is 0.225. The maximum Gasteiger partial charge on any atom is 0.272 e. The monoisotopic (exact) mass is 256 g/mol. The molecule has 94 valence electrons. The number of carbonyl (C=O) groups is 1. The minimum atomic E-state index is -0.926. The van der Waals surface area contributed by atoms with Crippen molar-refractivity contribution in [2.24, 2.45) is 0 Å². The van der Waals surface area contributed by atoms with Crippen LogP contribution in [0.1, 0.15) is 31.3 Å². The highest BCUT2D eigenvalue weighted by Crippen LogP contribution is 2.11. The van der Waals surface area contributed by atoms with Crippen molar-refractivity contribution in [2.75, 3.05) is 13.1 Å². The van der Waals surface area contributed by atoms with E-state index < -0.39 is 5.60 Å². The van der Waals surface area contributed by atoms with Crippen LogP contribution < -0.4 is 0 Å². The van der Waals surface area contributed by atoms with Gasteiger partial charge >= 0.3 is 0 Å². The molecule has 0 aliphatic carbocycles. The van der Waals surface area contributed by atoms with Crippen LogP contribution in [0.5, 0.6) is 0 Å². The van der Waals surface area contributed by atoms with Crippen LogP contribution in [-0.4, -0.2) is 39.6 Å². The molecular weight excluding hydrogens is 240 g/mol. The maximum atomic E-state index is 12.1. The molecule has 0 saturated carbocycles. The lowest BCUT2D eigenvalue weighted by Gasteiger charge is -2.27. The number of hydrogen-bond acceptors (Lipinski definition) is 3. The van der Waals surface area contributed by atoms with E-state index in [2.05, 4.69) is 4.98 Å². The third-order valence-electron chi connectivity index (χ3n) is 2.18. The van der Waals surface area contributed by atoms with Crippen LogP contribution in [0.4, 0.5) is 0 Å². The van der Waals surface area contributed by atoms with Crippen molar-refractivity contribution in [1.82, 2.24) is 9.88 Å². The molecule has 4 nitrogen and oxygen atoms in total. The Morgan fingerprint density at radius 3 is 2.65 bits per heavy atom. The van der Waals surface area contributed by atoms with Crippen LogP contribution in [0.3, 0.4) is 0 Å². The predicted molar refractivity (Wildman–Crippen MR) is 67.1 cm³/mol. The Bertz CT molecular complexity index is 402. The number of likely N-dealkylation sites (N-methyl/N-ethyl adjacent to an activating group) is 1. The van der Waals surface area contributed by atoms with Crippen LogP contribution in [0.15, 0.2) is 18.2 Å². The second-order valence-corrected chi connectivity index (χ2v) is 4.86. The van der Waals surface area contributed by atoms with E-state index in [0.717, 1.165) is 0 Å². The summed E-state index contributed by atoms with van der Waals surface area (Å²) in [7, 11) is 0. The fourth-order valence-electron chi connectivity index (χ4n) is 1.48. The van der Waals surface area contributed by atoms with Crippen molar-refractivity contribution in [3.05, 3.63) is 29.0 Å². The van der Waals surface area contributed by atoms with E-state index in [0.29, 0.717) is 12.2 Å². The molecule has 0 aromatic carbocycles. The Balaban J connectivity index is 2.87. The van der Waals surface area contributed by atoms with Crippen molar-refractivity contribution < 1.29 is 9.90 Å². The minimum Gasteiger partial charge on any atom is -0.389 e. The van der Waals surface area contributed by atoms with E-state index in [4.69, 9.17) is 11.6 Å². The zero-order valence-electron chi connectivity index (χ0n) is 10.3. The van der Waals surface area contributed by atoms with Gasteiger partial charge < -0.3 is 10.0 Å². The second-order valence-electron chi connectivity index (χ2n) is 4.48. The smallest absolute Gasteiger partial charge is 0.272 e. The topological polar surface area (TPSA) is 53.4 Å². The average Bonchev–Trinajstić information content (AvgIpc) is 2.23. The van der Waals surface area contributed by atoms with Gasteiger partial charge in [-0.2, -0.15) is 0 Å². The molecule has 0 bridgehead atoms. The van der Waals surface area contributed by atoms with Crippen LogP contribution in [0.25, 0.3) is 0 Å². The Labute approximate surface area is 106 Å².